The summed E-state index contributed by atoms with van der Waals surface area (Å²) in [5.74, 6) is 1.18. The fourth-order valence-electron chi connectivity index (χ4n) is 2.83. The topological polar surface area (TPSA) is 89.3 Å². The van der Waals surface area contributed by atoms with Crippen LogP contribution < -0.4 is 10.1 Å². The number of rotatable bonds is 8. The average molecular weight is 380 g/mol. The maximum Gasteiger partial charge on any atom is 0.255 e. The predicted octanol–water partition coefficient (Wildman–Crippen LogP) is 2.98. The fourth-order valence-corrected chi connectivity index (χ4v) is 2.83. The van der Waals surface area contributed by atoms with E-state index in [1.54, 1.807) is 24.4 Å². The van der Waals surface area contributed by atoms with Crippen molar-refractivity contribution >= 4 is 5.91 Å². The third-order valence-corrected chi connectivity index (χ3v) is 4.26. The van der Waals surface area contributed by atoms with Crippen LogP contribution >= 0.6 is 0 Å². The quantitative estimate of drug-likeness (QED) is 0.627. The van der Waals surface area contributed by atoms with Crippen LogP contribution in [0.5, 0.6) is 11.5 Å². The highest BCUT2D eigenvalue weighted by molar-refractivity contribution is 5.97. The third-order valence-electron chi connectivity index (χ3n) is 4.26. The van der Waals surface area contributed by atoms with Crippen LogP contribution in [-0.2, 0) is 6.54 Å². The van der Waals surface area contributed by atoms with Gasteiger partial charge in [0.15, 0.2) is 0 Å². The molecule has 2 N–H and O–H groups in total. The largest absolute Gasteiger partial charge is 0.456 e. The summed E-state index contributed by atoms with van der Waals surface area (Å²) in [6.07, 6.45) is 2.41. The van der Waals surface area contributed by atoms with Crippen LogP contribution in [0.15, 0.2) is 60.9 Å². The Morgan fingerprint density at radius 1 is 1.14 bits per heavy atom. The van der Waals surface area contributed by atoms with Crippen LogP contribution in [0.3, 0.4) is 0 Å². The molecule has 0 radical (unpaired) electrons. The SMILES string of the molecule is CC(C)c1ccccc1Oc1ccccc1C(=O)NCC(O)Cn1ccnn1. The molecule has 7 nitrogen and oxygen atoms in total. The number of ether oxygens (including phenoxy) is 1. The lowest BCUT2D eigenvalue weighted by Crippen LogP contribution is -2.34. The molecule has 146 valence electrons. The van der Waals surface area contributed by atoms with Crippen molar-refractivity contribution in [1.29, 1.82) is 0 Å². The molecule has 0 aliphatic rings. The molecule has 0 bridgehead atoms. The van der Waals surface area contributed by atoms with Gasteiger partial charge in [-0.2, -0.15) is 0 Å². The Bertz CT molecular complexity index is 910. The summed E-state index contributed by atoms with van der Waals surface area (Å²) in [5.41, 5.74) is 1.48. The minimum absolute atomic E-state index is 0.0929. The first-order valence-electron chi connectivity index (χ1n) is 9.20. The van der Waals surface area contributed by atoms with Crippen molar-refractivity contribution in [2.45, 2.75) is 32.4 Å². The van der Waals surface area contributed by atoms with Crippen LogP contribution in [0.2, 0.25) is 0 Å². The minimum atomic E-state index is -0.777. The highest BCUT2D eigenvalue weighted by atomic mass is 16.5. The van der Waals surface area contributed by atoms with Crippen molar-refractivity contribution in [3.8, 4) is 11.5 Å². The van der Waals surface area contributed by atoms with E-state index < -0.39 is 6.10 Å². The Balaban J connectivity index is 1.69. The van der Waals surface area contributed by atoms with E-state index in [-0.39, 0.29) is 19.0 Å². The van der Waals surface area contributed by atoms with Gasteiger partial charge in [0, 0.05) is 12.7 Å². The molecule has 0 spiro atoms. The molecule has 0 fully saturated rings. The van der Waals surface area contributed by atoms with Crippen molar-refractivity contribution in [3.63, 3.8) is 0 Å². The van der Waals surface area contributed by atoms with Crippen LogP contribution in [-0.4, -0.2) is 38.7 Å². The predicted molar refractivity (Wildman–Crippen MR) is 105 cm³/mol. The summed E-state index contributed by atoms with van der Waals surface area (Å²) in [6, 6.07) is 14.9. The van der Waals surface area contributed by atoms with Crippen molar-refractivity contribution < 1.29 is 14.6 Å². The van der Waals surface area contributed by atoms with Gasteiger partial charge in [-0.05, 0) is 29.7 Å². The first-order chi connectivity index (χ1) is 13.5. The molecule has 0 aliphatic carbocycles. The molecular formula is C21H24N4O3. The van der Waals surface area contributed by atoms with Crippen LogP contribution in [0.4, 0.5) is 0 Å². The summed E-state index contributed by atoms with van der Waals surface area (Å²) in [6.45, 7) is 4.53. The molecule has 2 aromatic carbocycles. The third kappa shape index (κ3) is 4.95. The van der Waals surface area contributed by atoms with E-state index >= 15 is 0 Å². The maximum atomic E-state index is 12.6. The zero-order valence-corrected chi connectivity index (χ0v) is 15.9. The van der Waals surface area contributed by atoms with E-state index in [0.717, 1.165) is 11.3 Å². The highest BCUT2D eigenvalue weighted by Crippen LogP contribution is 2.31. The van der Waals surface area contributed by atoms with Crippen molar-refractivity contribution in [1.82, 2.24) is 20.3 Å². The van der Waals surface area contributed by atoms with E-state index in [2.05, 4.69) is 29.5 Å². The Morgan fingerprint density at radius 2 is 1.86 bits per heavy atom. The lowest BCUT2D eigenvalue weighted by molar-refractivity contribution is 0.0898. The molecule has 3 aromatic rings. The Kier molecular flexibility index (Phi) is 6.39. The van der Waals surface area contributed by atoms with Gasteiger partial charge in [0.2, 0.25) is 0 Å². The highest BCUT2D eigenvalue weighted by Gasteiger charge is 2.16. The lowest BCUT2D eigenvalue weighted by atomic mass is 10.0. The normalized spacial score (nSPS) is 12.0. The van der Waals surface area contributed by atoms with E-state index in [9.17, 15) is 9.90 Å². The van der Waals surface area contributed by atoms with Gasteiger partial charge in [-0.15, -0.1) is 5.10 Å². The monoisotopic (exact) mass is 380 g/mol. The first-order valence-corrected chi connectivity index (χ1v) is 9.20. The summed E-state index contributed by atoms with van der Waals surface area (Å²) in [4.78, 5) is 12.6. The molecule has 1 atom stereocenters. The number of carbonyl (C=O) groups excluding carboxylic acids is 1. The van der Waals surface area contributed by atoms with Crippen LogP contribution in [0.1, 0.15) is 35.7 Å². The number of benzene rings is 2. The van der Waals surface area contributed by atoms with Crippen molar-refractivity contribution in [2.75, 3.05) is 6.54 Å². The second kappa shape index (κ2) is 9.14. The van der Waals surface area contributed by atoms with Gasteiger partial charge in [0.25, 0.3) is 5.91 Å². The van der Waals surface area contributed by atoms with Crippen LogP contribution in [0, 0.1) is 0 Å². The molecule has 1 unspecified atom stereocenters. The molecule has 1 heterocycles. The first kappa shape index (κ1) is 19.6. The van der Waals surface area contributed by atoms with Crippen molar-refractivity contribution in [3.05, 3.63) is 72.1 Å². The number of nitrogens with zero attached hydrogens (tertiary/aromatic N) is 3. The molecule has 0 saturated carbocycles. The number of amides is 1. The smallest absolute Gasteiger partial charge is 0.255 e. The number of aliphatic hydroxyl groups is 1. The Morgan fingerprint density at radius 3 is 2.57 bits per heavy atom. The van der Waals surface area contributed by atoms with Gasteiger partial charge in [-0.25, -0.2) is 4.68 Å². The molecule has 28 heavy (non-hydrogen) atoms. The molecular weight excluding hydrogens is 356 g/mol. The van der Waals surface area contributed by atoms with Gasteiger partial charge in [-0.1, -0.05) is 49.4 Å². The van der Waals surface area contributed by atoms with Gasteiger partial charge in [0.05, 0.1) is 24.4 Å². The number of aliphatic hydroxyl groups excluding tert-OH is 1. The summed E-state index contributed by atoms with van der Waals surface area (Å²) < 4.78 is 7.58. The number of carbonyl (C=O) groups is 1. The zero-order valence-electron chi connectivity index (χ0n) is 15.9. The summed E-state index contributed by atoms with van der Waals surface area (Å²) in [5, 5.41) is 20.3. The molecule has 7 heteroatoms. The second-order valence-corrected chi connectivity index (χ2v) is 6.78. The number of para-hydroxylation sites is 2. The zero-order chi connectivity index (χ0) is 19.9. The second-order valence-electron chi connectivity index (χ2n) is 6.78. The van der Waals surface area contributed by atoms with E-state index in [4.69, 9.17) is 4.74 Å². The average Bonchev–Trinajstić information content (AvgIpc) is 3.20. The van der Waals surface area contributed by atoms with Crippen LogP contribution in [0.25, 0.3) is 0 Å². The van der Waals surface area contributed by atoms with Gasteiger partial charge in [0.1, 0.15) is 11.5 Å². The van der Waals surface area contributed by atoms with E-state index in [1.165, 1.54) is 10.9 Å². The van der Waals surface area contributed by atoms with E-state index in [1.807, 2.05) is 30.3 Å². The van der Waals surface area contributed by atoms with Gasteiger partial charge in [-0.3, -0.25) is 4.79 Å². The standard InChI is InChI=1S/C21H24N4O3/c1-15(2)17-7-3-5-9-19(17)28-20-10-6-4-8-18(20)21(27)22-13-16(26)14-25-12-11-23-24-25/h3-12,15-16,26H,13-14H2,1-2H3,(H,22,27). The molecule has 0 aliphatic heterocycles. The fraction of sp³-hybridized carbons (Fsp3) is 0.286. The minimum Gasteiger partial charge on any atom is -0.456 e. The van der Waals surface area contributed by atoms with Gasteiger partial charge >= 0.3 is 0 Å². The number of nitrogens with one attached hydrogen (secondary N) is 1. The lowest BCUT2D eigenvalue weighted by Gasteiger charge is -2.16. The molecule has 0 saturated heterocycles. The number of hydrogen-bond acceptors (Lipinski definition) is 5. The molecule has 1 aromatic heterocycles. The van der Waals surface area contributed by atoms with E-state index in [0.29, 0.717) is 17.2 Å². The van der Waals surface area contributed by atoms with Crippen molar-refractivity contribution in [2.24, 2.45) is 0 Å². The Labute approximate surface area is 164 Å². The number of hydrogen-bond donors (Lipinski definition) is 2. The molecule has 3 rings (SSSR count). The summed E-state index contributed by atoms with van der Waals surface area (Å²) in [7, 11) is 0. The maximum absolute atomic E-state index is 12.6. The Hall–Kier alpha value is -3.19. The summed E-state index contributed by atoms with van der Waals surface area (Å²) >= 11 is 0. The number of aromatic nitrogens is 3. The van der Waals surface area contributed by atoms with Gasteiger partial charge < -0.3 is 15.2 Å². The molecule has 1 amide bonds.